The number of nitrogens with two attached hydrogens (primary N) is 1. The van der Waals surface area contributed by atoms with Crippen LogP contribution in [0.5, 0.6) is 0 Å². The molecule has 2 aromatic rings. The average Bonchev–Trinajstić information content (AvgIpc) is 2.57. The van der Waals surface area contributed by atoms with Gasteiger partial charge in [0.1, 0.15) is 0 Å². The molecule has 0 atom stereocenters. The maximum Gasteiger partial charge on any atom is 0.396 e. The Morgan fingerprint density at radius 1 is 1.47 bits per heavy atom. The molecule has 1 heterocycles. The number of Topliss-reactive ketones (excluding diaryl/α,β-unsaturated/α-hetero) is 1. The molecule has 0 aliphatic rings. The summed E-state index contributed by atoms with van der Waals surface area (Å²) in [6, 6.07) is 5.14. The molecule has 1 aromatic heterocycles. The van der Waals surface area contributed by atoms with E-state index in [0.717, 1.165) is 11.3 Å². The van der Waals surface area contributed by atoms with Crippen LogP contribution in [0.2, 0.25) is 0 Å². The first-order valence-corrected chi connectivity index (χ1v) is 5.30. The molecule has 78 valence electrons. The molecule has 0 bridgehead atoms. The maximum atomic E-state index is 11.6. The predicted molar refractivity (Wildman–Crippen MR) is 58.4 cm³/mol. The van der Waals surface area contributed by atoms with Gasteiger partial charge < -0.3 is 10.2 Å². The number of hydrogen-bond donors (Lipinski definition) is 1. The summed E-state index contributed by atoms with van der Waals surface area (Å²) < 4.78 is 5.66. The molecule has 0 saturated heterocycles. The Hall–Kier alpha value is -1.46. The van der Waals surface area contributed by atoms with Crippen LogP contribution >= 0.6 is 11.3 Å². The minimum Gasteiger partial charge on any atom is -0.413 e. The number of ketones is 1. The Balaban J connectivity index is 2.60. The van der Waals surface area contributed by atoms with E-state index < -0.39 is 4.94 Å². The van der Waals surface area contributed by atoms with E-state index in [1.165, 1.54) is 0 Å². The Kier molecular flexibility index (Phi) is 2.66. The number of carbonyl (C=O) groups excluding carboxylic acids is 1. The minimum absolute atomic E-state index is 0.0929. The van der Waals surface area contributed by atoms with Crippen molar-refractivity contribution in [3.8, 4) is 0 Å². The van der Waals surface area contributed by atoms with Gasteiger partial charge in [-0.25, -0.2) is 4.79 Å². The normalized spacial score (nSPS) is 10.7. The summed E-state index contributed by atoms with van der Waals surface area (Å²) in [5, 5.41) is 0. The Bertz CT molecular complexity index is 555. The molecular weight excluding hydrogens is 214 g/mol. The zero-order valence-electron chi connectivity index (χ0n) is 7.86. The van der Waals surface area contributed by atoms with E-state index >= 15 is 0 Å². The van der Waals surface area contributed by atoms with E-state index in [4.69, 9.17) is 10.2 Å². The van der Waals surface area contributed by atoms with E-state index in [-0.39, 0.29) is 12.2 Å². The average molecular weight is 223 g/mol. The van der Waals surface area contributed by atoms with Crippen LogP contribution < -0.4 is 10.7 Å². The van der Waals surface area contributed by atoms with Crippen molar-refractivity contribution in [2.75, 3.05) is 6.54 Å². The smallest absolute Gasteiger partial charge is 0.396 e. The summed E-state index contributed by atoms with van der Waals surface area (Å²) in [5.74, 6) is -0.0929. The third-order valence-electron chi connectivity index (χ3n) is 2.03. The van der Waals surface area contributed by atoms with Crippen LogP contribution in [0.1, 0.15) is 16.8 Å². The third-order valence-corrected chi connectivity index (χ3v) is 2.82. The van der Waals surface area contributed by atoms with E-state index in [1.54, 1.807) is 18.2 Å². The predicted octanol–water partition coefficient (Wildman–Crippen LogP) is 1.39. The highest BCUT2D eigenvalue weighted by molar-refractivity contribution is 7.16. The fourth-order valence-corrected chi connectivity index (χ4v) is 2.08. The highest BCUT2D eigenvalue weighted by atomic mass is 32.1. The highest BCUT2D eigenvalue weighted by Crippen LogP contribution is 2.21. The first-order chi connectivity index (χ1) is 7.22. The number of fused-ring (bicyclic) bond motifs is 1. The summed E-state index contributed by atoms with van der Waals surface area (Å²) in [7, 11) is 0. The Morgan fingerprint density at radius 2 is 2.27 bits per heavy atom. The fraction of sp³-hybridized carbons (Fsp3) is 0.200. The van der Waals surface area contributed by atoms with Gasteiger partial charge in [0, 0.05) is 6.42 Å². The maximum absolute atomic E-state index is 11.6. The van der Waals surface area contributed by atoms with Crippen molar-refractivity contribution in [3.63, 3.8) is 0 Å². The number of rotatable bonds is 3. The molecule has 0 radical (unpaired) electrons. The van der Waals surface area contributed by atoms with Gasteiger partial charge in [-0.05, 0) is 18.7 Å². The lowest BCUT2D eigenvalue weighted by atomic mass is 10.1. The van der Waals surface area contributed by atoms with Gasteiger partial charge in [0.25, 0.3) is 0 Å². The molecule has 0 aliphatic heterocycles. The lowest BCUT2D eigenvalue weighted by Gasteiger charge is -1.98. The topological polar surface area (TPSA) is 73.3 Å². The van der Waals surface area contributed by atoms with Crippen molar-refractivity contribution in [1.29, 1.82) is 0 Å². The van der Waals surface area contributed by atoms with E-state index in [2.05, 4.69) is 0 Å². The summed E-state index contributed by atoms with van der Waals surface area (Å²) in [6.45, 7) is 0.295. The lowest BCUT2D eigenvalue weighted by Crippen LogP contribution is -2.08. The summed E-state index contributed by atoms with van der Waals surface area (Å²) in [4.78, 5) is 22.3. The fourth-order valence-electron chi connectivity index (χ4n) is 1.38. The number of para-hydroxylation sites is 1. The molecule has 2 N–H and O–H groups in total. The zero-order chi connectivity index (χ0) is 10.8. The first-order valence-electron chi connectivity index (χ1n) is 4.48. The molecule has 5 heteroatoms. The van der Waals surface area contributed by atoms with Crippen LogP contribution in [0.15, 0.2) is 27.4 Å². The van der Waals surface area contributed by atoms with Gasteiger partial charge in [-0.1, -0.05) is 17.4 Å². The lowest BCUT2D eigenvalue weighted by molar-refractivity contribution is 0.0986. The SMILES string of the molecule is NCCC(=O)c1cccc2sc(=O)oc12. The summed E-state index contributed by atoms with van der Waals surface area (Å²) >= 11 is 0.996. The van der Waals surface area contributed by atoms with Crippen LogP contribution in [0.4, 0.5) is 0 Å². The standard InChI is InChI=1S/C10H9NO3S/c11-5-4-7(12)6-2-1-3-8-9(6)14-10(13)15-8/h1-3H,4-5,11H2. The molecule has 0 spiro atoms. The third kappa shape index (κ3) is 1.84. The van der Waals surface area contributed by atoms with Crippen LogP contribution in [0.3, 0.4) is 0 Å². The molecule has 15 heavy (non-hydrogen) atoms. The number of benzene rings is 1. The van der Waals surface area contributed by atoms with Crippen molar-refractivity contribution in [2.24, 2.45) is 5.73 Å². The Labute approximate surface area is 89.3 Å². The molecular formula is C10H9NO3S. The van der Waals surface area contributed by atoms with Crippen LogP contribution in [-0.2, 0) is 0 Å². The van der Waals surface area contributed by atoms with Gasteiger partial charge in [0.15, 0.2) is 11.4 Å². The summed E-state index contributed by atoms with van der Waals surface area (Å²) in [6.07, 6.45) is 0.263. The van der Waals surface area contributed by atoms with Crippen molar-refractivity contribution in [3.05, 3.63) is 33.5 Å². The zero-order valence-corrected chi connectivity index (χ0v) is 8.67. The summed E-state index contributed by atoms with van der Waals surface area (Å²) in [5.41, 5.74) is 6.13. The molecule has 4 nitrogen and oxygen atoms in total. The first kappa shape index (κ1) is 10.1. The molecule has 2 rings (SSSR count). The van der Waals surface area contributed by atoms with Crippen LogP contribution in [-0.4, -0.2) is 12.3 Å². The second-order valence-corrected chi connectivity index (χ2v) is 4.03. The van der Waals surface area contributed by atoms with Crippen molar-refractivity contribution >= 4 is 27.4 Å². The Morgan fingerprint density at radius 3 is 3.00 bits per heavy atom. The van der Waals surface area contributed by atoms with E-state index in [9.17, 15) is 9.59 Å². The van der Waals surface area contributed by atoms with E-state index in [1.807, 2.05) is 0 Å². The van der Waals surface area contributed by atoms with Crippen molar-refractivity contribution in [2.45, 2.75) is 6.42 Å². The number of hydrogen-bond acceptors (Lipinski definition) is 5. The van der Waals surface area contributed by atoms with Gasteiger partial charge >= 0.3 is 4.94 Å². The van der Waals surface area contributed by atoms with Crippen LogP contribution in [0.25, 0.3) is 10.3 Å². The monoisotopic (exact) mass is 223 g/mol. The molecule has 0 amide bonds. The highest BCUT2D eigenvalue weighted by Gasteiger charge is 2.13. The largest absolute Gasteiger partial charge is 0.413 e. The van der Waals surface area contributed by atoms with Gasteiger partial charge in [-0.2, -0.15) is 0 Å². The van der Waals surface area contributed by atoms with Crippen molar-refractivity contribution < 1.29 is 9.21 Å². The van der Waals surface area contributed by atoms with Gasteiger partial charge in [0.2, 0.25) is 0 Å². The van der Waals surface area contributed by atoms with Gasteiger partial charge in [-0.15, -0.1) is 0 Å². The molecule has 0 unspecified atom stereocenters. The van der Waals surface area contributed by atoms with E-state index in [0.29, 0.717) is 22.4 Å². The van der Waals surface area contributed by atoms with Crippen molar-refractivity contribution in [1.82, 2.24) is 0 Å². The van der Waals surface area contributed by atoms with Crippen LogP contribution in [0, 0.1) is 0 Å². The molecule has 0 fully saturated rings. The second kappa shape index (κ2) is 3.96. The second-order valence-electron chi connectivity index (χ2n) is 3.05. The number of carbonyl (C=O) groups is 1. The minimum atomic E-state index is -0.391. The van der Waals surface area contributed by atoms with Gasteiger partial charge in [0.05, 0.1) is 10.3 Å². The van der Waals surface area contributed by atoms with Gasteiger partial charge in [-0.3, -0.25) is 4.79 Å². The molecule has 0 saturated carbocycles. The molecule has 0 aliphatic carbocycles. The quantitative estimate of drug-likeness (QED) is 0.798. The molecule has 1 aromatic carbocycles.